The van der Waals surface area contributed by atoms with Crippen molar-refractivity contribution in [3.05, 3.63) is 29.3 Å². The summed E-state index contributed by atoms with van der Waals surface area (Å²) in [6, 6.07) is 4.23. The minimum Gasteiger partial charge on any atom is -0.383 e. The lowest BCUT2D eigenvalue weighted by atomic mass is 10.1. The van der Waals surface area contributed by atoms with Crippen molar-refractivity contribution in [2.24, 2.45) is 0 Å². The largest absolute Gasteiger partial charge is 0.383 e. The van der Waals surface area contributed by atoms with Crippen molar-refractivity contribution in [3.63, 3.8) is 0 Å². The van der Waals surface area contributed by atoms with Gasteiger partial charge < -0.3 is 14.4 Å². The van der Waals surface area contributed by atoms with Crippen molar-refractivity contribution in [1.82, 2.24) is 4.90 Å². The molecule has 0 saturated carbocycles. The van der Waals surface area contributed by atoms with Gasteiger partial charge in [0.1, 0.15) is 0 Å². The van der Waals surface area contributed by atoms with E-state index in [0.29, 0.717) is 18.7 Å². The molecule has 0 saturated heterocycles. The summed E-state index contributed by atoms with van der Waals surface area (Å²) in [5, 5.41) is 0. The van der Waals surface area contributed by atoms with E-state index in [9.17, 15) is 13.2 Å². The van der Waals surface area contributed by atoms with Gasteiger partial charge >= 0.3 is 0 Å². The van der Waals surface area contributed by atoms with Gasteiger partial charge in [-0.3, -0.25) is 4.79 Å². The average molecular weight is 336 g/mol. The van der Waals surface area contributed by atoms with Crippen LogP contribution in [0.25, 0.3) is 0 Å². The number of halogens is 1. The molecule has 1 aromatic carbocycles. The molecule has 0 fully saturated rings. The summed E-state index contributed by atoms with van der Waals surface area (Å²) in [7, 11) is 6.06. The first kappa shape index (κ1) is 17.9. The molecular formula is C13H18ClNO5S. The van der Waals surface area contributed by atoms with E-state index in [2.05, 4.69) is 0 Å². The standard InChI is InChI=1S/C13H18ClNO5S/c1-15(4-5-19-2)13(16)11-6-10(9-20-3)7-12(8-11)21(14,17)18/h6-8H,4-5,9H2,1-3H3. The van der Waals surface area contributed by atoms with Crippen molar-refractivity contribution in [2.75, 3.05) is 34.4 Å². The van der Waals surface area contributed by atoms with Crippen molar-refractivity contribution >= 4 is 25.6 Å². The molecule has 0 N–H and O–H groups in total. The molecule has 0 aliphatic heterocycles. The first-order valence-electron chi connectivity index (χ1n) is 6.11. The second kappa shape index (κ2) is 7.74. The van der Waals surface area contributed by atoms with Gasteiger partial charge in [-0.1, -0.05) is 0 Å². The quantitative estimate of drug-likeness (QED) is 0.706. The Balaban J connectivity index is 3.16. The van der Waals surface area contributed by atoms with Crippen molar-refractivity contribution in [2.45, 2.75) is 11.5 Å². The number of hydrogen-bond donors (Lipinski definition) is 0. The third-order valence-corrected chi connectivity index (χ3v) is 4.12. The van der Waals surface area contributed by atoms with E-state index in [4.69, 9.17) is 20.2 Å². The van der Waals surface area contributed by atoms with Gasteiger partial charge in [0.25, 0.3) is 15.0 Å². The maximum Gasteiger partial charge on any atom is 0.261 e. The third-order valence-electron chi connectivity index (χ3n) is 2.78. The van der Waals surface area contributed by atoms with Crippen LogP contribution in [0.15, 0.2) is 23.1 Å². The average Bonchev–Trinajstić information content (AvgIpc) is 2.43. The van der Waals surface area contributed by atoms with Gasteiger partial charge in [-0.15, -0.1) is 0 Å². The summed E-state index contributed by atoms with van der Waals surface area (Å²) in [4.78, 5) is 13.6. The Morgan fingerprint density at radius 1 is 1.24 bits per heavy atom. The molecule has 1 aromatic rings. The van der Waals surface area contributed by atoms with Gasteiger partial charge in [-0.25, -0.2) is 8.42 Å². The number of likely N-dealkylation sites (N-methyl/N-ethyl adjacent to an activating group) is 1. The molecular weight excluding hydrogens is 318 g/mol. The second-order valence-corrected chi connectivity index (χ2v) is 7.02. The Hall–Kier alpha value is -1.15. The Bertz CT molecular complexity index is 603. The van der Waals surface area contributed by atoms with E-state index in [0.717, 1.165) is 0 Å². The predicted molar refractivity (Wildman–Crippen MR) is 79.0 cm³/mol. The molecule has 0 radical (unpaired) electrons. The number of benzene rings is 1. The molecule has 1 amide bonds. The Labute approximate surface area is 129 Å². The van der Waals surface area contributed by atoms with Crippen LogP contribution < -0.4 is 0 Å². The summed E-state index contributed by atoms with van der Waals surface area (Å²) in [6.07, 6.45) is 0. The molecule has 21 heavy (non-hydrogen) atoms. The van der Waals surface area contributed by atoms with Gasteiger partial charge in [0, 0.05) is 44.1 Å². The van der Waals surface area contributed by atoms with E-state index in [1.54, 1.807) is 13.1 Å². The second-order valence-electron chi connectivity index (χ2n) is 4.46. The van der Waals surface area contributed by atoms with Gasteiger partial charge in [-0.2, -0.15) is 0 Å². The molecule has 8 heteroatoms. The summed E-state index contributed by atoms with van der Waals surface area (Å²) in [5.74, 6) is -0.313. The monoisotopic (exact) mass is 335 g/mol. The van der Waals surface area contributed by atoms with Crippen LogP contribution in [0.3, 0.4) is 0 Å². The summed E-state index contributed by atoms with van der Waals surface area (Å²) >= 11 is 0. The molecule has 0 atom stereocenters. The number of nitrogens with zero attached hydrogens (tertiary/aromatic N) is 1. The number of methoxy groups -OCH3 is 2. The minimum absolute atomic E-state index is 0.123. The van der Waals surface area contributed by atoms with Crippen LogP contribution in [0, 0.1) is 0 Å². The number of carbonyl (C=O) groups is 1. The normalized spacial score (nSPS) is 11.4. The fraction of sp³-hybridized carbons (Fsp3) is 0.462. The fourth-order valence-electron chi connectivity index (χ4n) is 1.73. The number of ether oxygens (including phenoxy) is 2. The summed E-state index contributed by atoms with van der Waals surface area (Å²) < 4.78 is 32.9. The number of carbonyl (C=O) groups excluding carboxylic acids is 1. The fourth-order valence-corrected chi connectivity index (χ4v) is 2.55. The molecule has 1 rings (SSSR count). The zero-order chi connectivity index (χ0) is 16.0. The van der Waals surface area contributed by atoms with Crippen molar-refractivity contribution in [1.29, 1.82) is 0 Å². The zero-order valence-electron chi connectivity index (χ0n) is 12.1. The molecule has 0 aromatic heterocycles. The summed E-state index contributed by atoms with van der Waals surface area (Å²) in [6.45, 7) is 0.968. The first-order chi connectivity index (χ1) is 9.79. The Morgan fingerprint density at radius 2 is 1.90 bits per heavy atom. The molecule has 0 aliphatic rings. The topological polar surface area (TPSA) is 72.9 Å². The highest BCUT2D eigenvalue weighted by atomic mass is 35.7. The highest BCUT2D eigenvalue weighted by Gasteiger charge is 2.18. The molecule has 0 spiro atoms. The maximum atomic E-state index is 12.3. The Morgan fingerprint density at radius 3 is 2.43 bits per heavy atom. The van der Waals surface area contributed by atoms with Crippen LogP contribution >= 0.6 is 10.7 Å². The SMILES string of the molecule is COCCN(C)C(=O)c1cc(COC)cc(S(=O)(=O)Cl)c1. The predicted octanol–water partition coefficient (Wildman–Crippen LogP) is 1.48. The van der Waals surface area contributed by atoms with Gasteiger partial charge in [0.15, 0.2) is 0 Å². The zero-order valence-corrected chi connectivity index (χ0v) is 13.7. The Kier molecular flexibility index (Phi) is 6.60. The van der Waals surface area contributed by atoms with E-state index in [1.165, 1.54) is 31.3 Å². The maximum absolute atomic E-state index is 12.3. The third kappa shape index (κ3) is 5.28. The lowest BCUT2D eigenvalue weighted by molar-refractivity contribution is 0.0743. The van der Waals surface area contributed by atoms with E-state index < -0.39 is 9.05 Å². The molecule has 118 valence electrons. The van der Waals surface area contributed by atoms with E-state index in [-0.39, 0.29) is 23.0 Å². The van der Waals surface area contributed by atoms with Gasteiger partial charge in [0.2, 0.25) is 0 Å². The molecule has 0 unspecified atom stereocenters. The van der Waals surface area contributed by atoms with E-state index in [1.807, 2.05) is 0 Å². The van der Waals surface area contributed by atoms with E-state index >= 15 is 0 Å². The summed E-state index contributed by atoms with van der Waals surface area (Å²) in [5.41, 5.74) is 0.796. The van der Waals surface area contributed by atoms with Crippen LogP contribution in [-0.4, -0.2) is 53.6 Å². The minimum atomic E-state index is -3.92. The smallest absolute Gasteiger partial charge is 0.261 e. The van der Waals surface area contributed by atoms with Crippen LogP contribution in [0.2, 0.25) is 0 Å². The number of hydrogen-bond acceptors (Lipinski definition) is 5. The number of amides is 1. The van der Waals surface area contributed by atoms with Crippen LogP contribution in [0.5, 0.6) is 0 Å². The highest BCUT2D eigenvalue weighted by Crippen LogP contribution is 2.20. The van der Waals surface area contributed by atoms with Gasteiger partial charge in [-0.05, 0) is 23.8 Å². The van der Waals surface area contributed by atoms with Gasteiger partial charge in [0.05, 0.1) is 18.1 Å². The van der Waals surface area contributed by atoms with Crippen LogP contribution in [-0.2, 0) is 25.1 Å². The van der Waals surface area contributed by atoms with Crippen molar-refractivity contribution in [3.8, 4) is 0 Å². The first-order valence-corrected chi connectivity index (χ1v) is 8.42. The van der Waals surface area contributed by atoms with Crippen LogP contribution in [0.4, 0.5) is 0 Å². The van der Waals surface area contributed by atoms with Crippen LogP contribution in [0.1, 0.15) is 15.9 Å². The number of rotatable bonds is 7. The lowest BCUT2D eigenvalue weighted by Gasteiger charge is -2.17. The molecule has 6 nitrogen and oxygen atoms in total. The lowest BCUT2D eigenvalue weighted by Crippen LogP contribution is -2.30. The molecule has 0 heterocycles. The molecule has 0 aliphatic carbocycles. The highest BCUT2D eigenvalue weighted by molar-refractivity contribution is 8.13. The van der Waals surface area contributed by atoms with Crippen molar-refractivity contribution < 1.29 is 22.7 Å². The molecule has 0 bridgehead atoms.